The fourth-order valence-electron chi connectivity index (χ4n) is 1.74. The second-order valence-corrected chi connectivity index (χ2v) is 6.02. The first-order valence-electron chi connectivity index (χ1n) is 7.31. The molecule has 22 heavy (non-hydrogen) atoms. The molecule has 1 aromatic rings. The smallest absolute Gasteiger partial charge is 0.408 e. The summed E-state index contributed by atoms with van der Waals surface area (Å²) in [6.07, 6.45) is 1.78. The van der Waals surface area contributed by atoms with Gasteiger partial charge in [-0.2, -0.15) is 0 Å². The van der Waals surface area contributed by atoms with Gasteiger partial charge in [0.05, 0.1) is 0 Å². The standard InChI is InChI=1S/C14H24N4O4/c1-5-6-7-9(16-13(20)22-14(2,3)4)12-18-17-11(21-12)8-10(15)19/h9H,5-8H2,1-4H3,(H2,15,19)(H,16,20)/t9-/m0/s1. The third-order valence-electron chi connectivity index (χ3n) is 2.64. The van der Waals surface area contributed by atoms with E-state index in [4.69, 9.17) is 14.9 Å². The number of carbonyl (C=O) groups is 2. The lowest BCUT2D eigenvalue weighted by Crippen LogP contribution is -2.35. The highest BCUT2D eigenvalue weighted by Crippen LogP contribution is 2.19. The monoisotopic (exact) mass is 312 g/mol. The normalized spacial score (nSPS) is 12.7. The SMILES string of the molecule is CCCC[C@H](NC(=O)OC(C)(C)C)c1nnc(CC(N)=O)o1. The zero-order chi connectivity index (χ0) is 16.8. The molecule has 0 unspecified atom stereocenters. The highest BCUT2D eigenvalue weighted by molar-refractivity contribution is 5.75. The minimum atomic E-state index is -0.592. The number of amides is 2. The maximum atomic E-state index is 11.9. The topological polar surface area (TPSA) is 120 Å². The summed E-state index contributed by atoms with van der Waals surface area (Å²) >= 11 is 0. The molecule has 8 heteroatoms. The molecule has 0 fully saturated rings. The van der Waals surface area contributed by atoms with E-state index in [1.165, 1.54) is 0 Å². The van der Waals surface area contributed by atoms with Crippen LogP contribution in [-0.4, -0.2) is 27.8 Å². The molecule has 1 atom stereocenters. The Morgan fingerprint density at radius 3 is 2.59 bits per heavy atom. The Kier molecular flexibility index (Phi) is 6.33. The Morgan fingerprint density at radius 1 is 1.36 bits per heavy atom. The van der Waals surface area contributed by atoms with Crippen LogP contribution in [0.5, 0.6) is 0 Å². The quantitative estimate of drug-likeness (QED) is 0.792. The molecule has 3 N–H and O–H groups in total. The summed E-state index contributed by atoms with van der Waals surface area (Å²) in [7, 11) is 0. The number of aromatic nitrogens is 2. The third-order valence-corrected chi connectivity index (χ3v) is 2.64. The van der Waals surface area contributed by atoms with Gasteiger partial charge in [-0.15, -0.1) is 10.2 Å². The average Bonchev–Trinajstić information content (AvgIpc) is 2.79. The Hall–Kier alpha value is -2.12. The second-order valence-electron chi connectivity index (χ2n) is 6.02. The van der Waals surface area contributed by atoms with E-state index in [0.29, 0.717) is 6.42 Å². The van der Waals surface area contributed by atoms with Crippen molar-refractivity contribution in [3.05, 3.63) is 11.8 Å². The van der Waals surface area contributed by atoms with Crippen molar-refractivity contribution in [1.82, 2.24) is 15.5 Å². The molecular formula is C14H24N4O4. The molecule has 124 valence electrons. The van der Waals surface area contributed by atoms with E-state index in [9.17, 15) is 9.59 Å². The maximum absolute atomic E-state index is 11.9. The van der Waals surface area contributed by atoms with Gasteiger partial charge >= 0.3 is 6.09 Å². The molecule has 0 saturated carbocycles. The molecule has 0 radical (unpaired) electrons. The van der Waals surface area contributed by atoms with Crippen LogP contribution in [0.3, 0.4) is 0 Å². The molecule has 0 saturated heterocycles. The number of hydrogen-bond donors (Lipinski definition) is 2. The van der Waals surface area contributed by atoms with Gasteiger partial charge in [0.2, 0.25) is 17.7 Å². The molecule has 0 aromatic carbocycles. The van der Waals surface area contributed by atoms with Crippen LogP contribution in [0.1, 0.15) is 64.8 Å². The Labute approximate surface area is 129 Å². The minimum absolute atomic E-state index is 0.125. The first-order valence-corrected chi connectivity index (χ1v) is 7.31. The van der Waals surface area contributed by atoms with Crippen molar-refractivity contribution in [3.8, 4) is 0 Å². The van der Waals surface area contributed by atoms with Crippen LogP contribution < -0.4 is 11.1 Å². The van der Waals surface area contributed by atoms with E-state index >= 15 is 0 Å². The predicted molar refractivity (Wildman–Crippen MR) is 78.8 cm³/mol. The molecular weight excluding hydrogens is 288 g/mol. The van der Waals surface area contributed by atoms with Crippen molar-refractivity contribution in [2.45, 2.75) is 65.0 Å². The minimum Gasteiger partial charge on any atom is -0.444 e. The number of alkyl carbamates (subject to hydrolysis) is 1. The Bertz CT molecular complexity index is 507. The van der Waals surface area contributed by atoms with Gasteiger partial charge in [-0.3, -0.25) is 4.79 Å². The number of ether oxygens (including phenoxy) is 1. The summed E-state index contributed by atoms with van der Waals surface area (Å²) in [4.78, 5) is 22.8. The Morgan fingerprint density at radius 2 is 2.05 bits per heavy atom. The molecule has 2 amide bonds. The number of rotatable bonds is 7. The summed E-state index contributed by atoms with van der Waals surface area (Å²) in [5.41, 5.74) is 4.49. The van der Waals surface area contributed by atoms with Crippen molar-refractivity contribution in [2.75, 3.05) is 0 Å². The number of primary amides is 1. The third kappa shape index (κ3) is 6.55. The number of nitrogens with two attached hydrogens (primary N) is 1. The summed E-state index contributed by atoms with van der Waals surface area (Å²) in [6, 6.07) is -0.455. The van der Waals surface area contributed by atoms with Crippen molar-refractivity contribution in [3.63, 3.8) is 0 Å². The summed E-state index contributed by atoms with van der Waals surface area (Å²) in [6.45, 7) is 7.39. The summed E-state index contributed by atoms with van der Waals surface area (Å²) < 4.78 is 10.6. The van der Waals surface area contributed by atoms with Gasteiger partial charge in [0.25, 0.3) is 0 Å². The number of carbonyl (C=O) groups excluding carboxylic acids is 2. The van der Waals surface area contributed by atoms with Gasteiger partial charge in [-0.25, -0.2) is 4.79 Å². The molecule has 0 spiro atoms. The lowest BCUT2D eigenvalue weighted by atomic mass is 10.1. The van der Waals surface area contributed by atoms with Gasteiger partial charge in [0.1, 0.15) is 18.1 Å². The maximum Gasteiger partial charge on any atom is 0.408 e. The highest BCUT2D eigenvalue weighted by Gasteiger charge is 2.24. The number of unbranched alkanes of at least 4 members (excludes halogenated alkanes) is 1. The number of hydrogen-bond acceptors (Lipinski definition) is 6. The largest absolute Gasteiger partial charge is 0.444 e. The number of nitrogens with one attached hydrogen (secondary N) is 1. The lowest BCUT2D eigenvalue weighted by molar-refractivity contribution is -0.117. The van der Waals surface area contributed by atoms with Crippen LogP contribution >= 0.6 is 0 Å². The van der Waals surface area contributed by atoms with E-state index in [1.807, 2.05) is 6.92 Å². The highest BCUT2D eigenvalue weighted by atomic mass is 16.6. The number of nitrogens with zero attached hydrogens (tertiary/aromatic N) is 2. The second kappa shape index (κ2) is 7.77. The van der Waals surface area contributed by atoms with Gasteiger partial charge in [0, 0.05) is 0 Å². The van der Waals surface area contributed by atoms with Gasteiger partial charge in [-0.1, -0.05) is 19.8 Å². The molecule has 1 heterocycles. The van der Waals surface area contributed by atoms with Gasteiger partial charge < -0.3 is 20.2 Å². The molecule has 1 aromatic heterocycles. The van der Waals surface area contributed by atoms with Crippen LogP contribution in [0.25, 0.3) is 0 Å². The zero-order valence-corrected chi connectivity index (χ0v) is 13.5. The van der Waals surface area contributed by atoms with Crippen molar-refractivity contribution < 1.29 is 18.7 Å². The first kappa shape index (κ1) is 17.9. The molecule has 1 rings (SSSR count). The predicted octanol–water partition coefficient (Wildman–Crippen LogP) is 1.85. The molecule has 0 bridgehead atoms. The fourth-order valence-corrected chi connectivity index (χ4v) is 1.74. The van der Waals surface area contributed by atoms with Crippen molar-refractivity contribution in [2.24, 2.45) is 5.73 Å². The van der Waals surface area contributed by atoms with E-state index in [1.54, 1.807) is 20.8 Å². The Balaban J connectivity index is 2.77. The van der Waals surface area contributed by atoms with Gasteiger partial charge in [-0.05, 0) is 27.2 Å². The molecule has 0 aliphatic carbocycles. The van der Waals surface area contributed by atoms with Crippen LogP contribution in [-0.2, 0) is 16.0 Å². The molecule has 0 aliphatic heterocycles. The van der Waals surface area contributed by atoms with Crippen molar-refractivity contribution in [1.29, 1.82) is 0 Å². The summed E-state index contributed by atoms with van der Waals surface area (Å²) in [5.74, 6) is -0.175. The lowest BCUT2D eigenvalue weighted by Gasteiger charge is -2.22. The summed E-state index contributed by atoms with van der Waals surface area (Å²) in [5, 5.41) is 10.4. The molecule has 8 nitrogen and oxygen atoms in total. The average molecular weight is 312 g/mol. The van der Waals surface area contributed by atoms with Crippen LogP contribution in [0, 0.1) is 0 Å². The van der Waals surface area contributed by atoms with E-state index in [-0.39, 0.29) is 18.2 Å². The van der Waals surface area contributed by atoms with E-state index in [0.717, 1.165) is 12.8 Å². The van der Waals surface area contributed by atoms with Crippen LogP contribution in [0.2, 0.25) is 0 Å². The fraction of sp³-hybridized carbons (Fsp3) is 0.714. The zero-order valence-electron chi connectivity index (χ0n) is 13.5. The first-order chi connectivity index (χ1) is 10.2. The van der Waals surface area contributed by atoms with Gasteiger partial charge in [0.15, 0.2) is 0 Å². The van der Waals surface area contributed by atoms with E-state index < -0.39 is 23.6 Å². The molecule has 0 aliphatic rings. The van der Waals surface area contributed by atoms with Crippen molar-refractivity contribution >= 4 is 12.0 Å². The van der Waals surface area contributed by atoms with E-state index in [2.05, 4.69) is 15.5 Å². The van der Waals surface area contributed by atoms with Crippen LogP contribution in [0.4, 0.5) is 4.79 Å². The van der Waals surface area contributed by atoms with Crippen LogP contribution in [0.15, 0.2) is 4.42 Å².